The molecule has 2 fully saturated rings. The van der Waals surface area contributed by atoms with Crippen molar-refractivity contribution in [3.63, 3.8) is 0 Å². The van der Waals surface area contributed by atoms with E-state index in [-0.39, 0.29) is 17.6 Å². The summed E-state index contributed by atoms with van der Waals surface area (Å²) in [6, 6.07) is 15.1. The van der Waals surface area contributed by atoms with Gasteiger partial charge in [-0.15, -0.1) is 0 Å². The molecular formula is C29H34O4. The van der Waals surface area contributed by atoms with Crippen LogP contribution in [0.3, 0.4) is 0 Å². The zero-order chi connectivity index (χ0) is 22.8. The second-order valence-corrected chi connectivity index (χ2v) is 9.87. The van der Waals surface area contributed by atoms with Crippen LogP contribution in [0.1, 0.15) is 56.7 Å². The number of allylic oxidation sites excluding steroid dienone is 4. The molecule has 0 saturated carbocycles. The van der Waals surface area contributed by atoms with E-state index in [0.717, 1.165) is 44.0 Å². The van der Waals surface area contributed by atoms with Gasteiger partial charge in [0.25, 0.3) is 0 Å². The molecule has 0 aromatic heterocycles. The zero-order valence-electron chi connectivity index (χ0n) is 19.9. The van der Waals surface area contributed by atoms with E-state index >= 15 is 0 Å². The molecule has 4 nitrogen and oxygen atoms in total. The summed E-state index contributed by atoms with van der Waals surface area (Å²) in [6.07, 6.45) is 8.22. The van der Waals surface area contributed by atoms with Crippen LogP contribution >= 0.6 is 0 Å². The minimum Gasteiger partial charge on any atom is -0.491 e. The van der Waals surface area contributed by atoms with Crippen LogP contribution < -0.4 is 9.47 Å². The van der Waals surface area contributed by atoms with Crippen LogP contribution in [0.4, 0.5) is 0 Å². The molecule has 2 aliphatic heterocycles. The van der Waals surface area contributed by atoms with Gasteiger partial charge in [-0.25, -0.2) is 0 Å². The van der Waals surface area contributed by atoms with Crippen molar-refractivity contribution in [1.82, 2.24) is 0 Å². The summed E-state index contributed by atoms with van der Waals surface area (Å²) in [5.74, 6) is 1.90. The van der Waals surface area contributed by atoms with E-state index in [1.807, 2.05) is 0 Å². The summed E-state index contributed by atoms with van der Waals surface area (Å²) in [4.78, 5) is 0. The number of benzene rings is 2. The first-order chi connectivity index (χ1) is 16.0. The van der Waals surface area contributed by atoms with Crippen LogP contribution in [0, 0.1) is 0 Å². The highest BCUT2D eigenvalue weighted by Crippen LogP contribution is 2.39. The first kappa shape index (κ1) is 22.2. The Morgan fingerprint density at radius 2 is 1.39 bits per heavy atom. The first-order valence-corrected chi connectivity index (χ1v) is 12.1. The number of epoxide rings is 2. The molecule has 0 spiro atoms. The normalized spacial score (nSPS) is 21.8. The Kier molecular flexibility index (Phi) is 6.31. The maximum Gasteiger partial charge on any atom is 0.123 e. The van der Waals surface area contributed by atoms with Crippen LogP contribution in [0.25, 0.3) is 11.1 Å². The molecule has 4 heteroatoms. The fourth-order valence-electron chi connectivity index (χ4n) is 4.14. The third kappa shape index (κ3) is 5.51. The van der Waals surface area contributed by atoms with Gasteiger partial charge in [-0.05, 0) is 71.2 Å². The molecule has 2 heterocycles. The summed E-state index contributed by atoms with van der Waals surface area (Å²) in [5.41, 5.74) is 6.65. The van der Waals surface area contributed by atoms with Crippen LogP contribution in [0.2, 0.25) is 0 Å². The van der Waals surface area contributed by atoms with Crippen molar-refractivity contribution in [2.45, 2.75) is 57.7 Å². The van der Waals surface area contributed by atoms with Crippen molar-refractivity contribution < 1.29 is 18.9 Å². The topological polar surface area (TPSA) is 43.5 Å². The summed E-state index contributed by atoms with van der Waals surface area (Å²) in [7, 11) is 0. The molecule has 0 amide bonds. The SMILES string of the molecule is CCC(C)(C)c1cc(C2=CCC(c3ccc(OCC4CO4)cc3)=CC2)ccc1OCC1CO1. The molecule has 174 valence electrons. The standard InChI is InChI=1S/C29H34O4/c1-4-29(2,3)27-15-23(11-14-28(27)33-19-26-18-32-26)22-7-5-20(6-8-22)21-9-12-24(13-10-21)30-16-25-17-31-25/h5,8-15,25-26H,4,6-7,16-19H2,1-3H3. The highest BCUT2D eigenvalue weighted by Gasteiger charge is 2.27. The minimum absolute atomic E-state index is 0.0570. The maximum atomic E-state index is 6.14. The van der Waals surface area contributed by atoms with Crippen molar-refractivity contribution in [2.24, 2.45) is 0 Å². The van der Waals surface area contributed by atoms with E-state index in [1.54, 1.807) is 0 Å². The molecule has 2 aromatic carbocycles. The van der Waals surface area contributed by atoms with Gasteiger partial charge in [0.15, 0.2) is 0 Å². The Balaban J connectivity index is 1.27. The Labute approximate surface area is 197 Å². The van der Waals surface area contributed by atoms with Crippen LogP contribution in [0.5, 0.6) is 11.5 Å². The number of hydrogen-bond donors (Lipinski definition) is 0. The lowest BCUT2D eigenvalue weighted by Gasteiger charge is -2.27. The van der Waals surface area contributed by atoms with Gasteiger partial charge in [0.05, 0.1) is 13.2 Å². The molecule has 2 atom stereocenters. The Morgan fingerprint density at radius 3 is 1.97 bits per heavy atom. The first-order valence-electron chi connectivity index (χ1n) is 12.1. The van der Waals surface area contributed by atoms with E-state index in [9.17, 15) is 0 Å². The van der Waals surface area contributed by atoms with E-state index in [0.29, 0.717) is 13.2 Å². The third-order valence-corrected chi connectivity index (χ3v) is 6.99. The van der Waals surface area contributed by atoms with Crippen molar-refractivity contribution in [1.29, 1.82) is 0 Å². The predicted octanol–water partition coefficient (Wildman–Crippen LogP) is 6.19. The van der Waals surface area contributed by atoms with Gasteiger partial charge in [0.2, 0.25) is 0 Å². The molecule has 2 aromatic rings. The highest BCUT2D eigenvalue weighted by molar-refractivity contribution is 5.78. The predicted molar refractivity (Wildman–Crippen MR) is 132 cm³/mol. The number of hydrogen-bond acceptors (Lipinski definition) is 4. The van der Waals surface area contributed by atoms with E-state index in [4.69, 9.17) is 18.9 Å². The lowest BCUT2D eigenvalue weighted by molar-refractivity contribution is 0.257. The van der Waals surface area contributed by atoms with Crippen LogP contribution in [-0.4, -0.2) is 38.6 Å². The lowest BCUT2D eigenvalue weighted by Crippen LogP contribution is -2.18. The second kappa shape index (κ2) is 9.36. The number of ether oxygens (including phenoxy) is 4. The molecule has 1 aliphatic carbocycles. The fourth-order valence-corrected chi connectivity index (χ4v) is 4.14. The summed E-state index contributed by atoms with van der Waals surface area (Å²) in [6.45, 7) is 9.75. The van der Waals surface area contributed by atoms with Gasteiger partial charge in [0, 0.05) is 5.56 Å². The second-order valence-electron chi connectivity index (χ2n) is 9.87. The van der Waals surface area contributed by atoms with Gasteiger partial charge in [-0.3, -0.25) is 0 Å². The molecule has 2 unspecified atom stereocenters. The van der Waals surface area contributed by atoms with Crippen molar-refractivity contribution >= 4 is 11.1 Å². The van der Waals surface area contributed by atoms with Crippen molar-refractivity contribution in [2.75, 3.05) is 26.4 Å². The summed E-state index contributed by atoms with van der Waals surface area (Å²) < 4.78 is 22.4. The fraction of sp³-hybridized carbons (Fsp3) is 0.448. The Bertz CT molecular complexity index is 1040. The van der Waals surface area contributed by atoms with Crippen molar-refractivity contribution in [3.8, 4) is 11.5 Å². The van der Waals surface area contributed by atoms with Gasteiger partial charge >= 0.3 is 0 Å². The van der Waals surface area contributed by atoms with Gasteiger partial charge in [-0.2, -0.15) is 0 Å². The monoisotopic (exact) mass is 446 g/mol. The number of rotatable bonds is 10. The molecule has 3 aliphatic rings. The van der Waals surface area contributed by atoms with E-state index < -0.39 is 0 Å². The largest absolute Gasteiger partial charge is 0.491 e. The summed E-state index contributed by atoms with van der Waals surface area (Å²) >= 11 is 0. The smallest absolute Gasteiger partial charge is 0.123 e. The molecule has 33 heavy (non-hydrogen) atoms. The molecule has 0 radical (unpaired) electrons. The average Bonchev–Trinajstić information content (AvgIpc) is 3.77. The van der Waals surface area contributed by atoms with E-state index in [2.05, 4.69) is 75.4 Å². The molecule has 2 saturated heterocycles. The zero-order valence-corrected chi connectivity index (χ0v) is 19.9. The minimum atomic E-state index is 0.0570. The highest BCUT2D eigenvalue weighted by atomic mass is 16.6. The van der Waals surface area contributed by atoms with E-state index in [1.165, 1.54) is 27.8 Å². The Hall–Kier alpha value is -2.56. The van der Waals surface area contributed by atoms with Crippen LogP contribution in [-0.2, 0) is 14.9 Å². The summed E-state index contributed by atoms with van der Waals surface area (Å²) in [5, 5.41) is 0. The Morgan fingerprint density at radius 1 is 0.818 bits per heavy atom. The van der Waals surface area contributed by atoms with Gasteiger partial charge in [-0.1, -0.05) is 51.1 Å². The van der Waals surface area contributed by atoms with Crippen molar-refractivity contribution in [3.05, 3.63) is 71.3 Å². The maximum absolute atomic E-state index is 6.14. The third-order valence-electron chi connectivity index (χ3n) is 6.99. The quantitative estimate of drug-likeness (QED) is 0.408. The lowest BCUT2D eigenvalue weighted by atomic mass is 9.80. The molecule has 0 bridgehead atoms. The van der Waals surface area contributed by atoms with Crippen LogP contribution in [0.15, 0.2) is 54.6 Å². The van der Waals surface area contributed by atoms with Gasteiger partial charge < -0.3 is 18.9 Å². The molecular weight excluding hydrogens is 412 g/mol. The average molecular weight is 447 g/mol. The molecule has 0 N–H and O–H groups in total. The molecule has 5 rings (SSSR count). The van der Waals surface area contributed by atoms with Gasteiger partial charge in [0.1, 0.15) is 36.9 Å².